The Hall–Kier alpha value is -3.93. The number of anilines is 1. The Labute approximate surface area is 184 Å². The van der Waals surface area contributed by atoms with Crippen molar-refractivity contribution in [2.24, 2.45) is 0 Å². The highest BCUT2D eigenvalue weighted by Gasteiger charge is 2.47. The van der Waals surface area contributed by atoms with Crippen LogP contribution in [0.4, 0.5) is 10.1 Å². The summed E-state index contributed by atoms with van der Waals surface area (Å²) < 4.78 is 20.4. The number of halogens is 1. The fourth-order valence-electron chi connectivity index (χ4n) is 4.36. The van der Waals surface area contributed by atoms with Gasteiger partial charge < -0.3 is 9.84 Å². The SMILES string of the molecule is Cc1cccc(N2C(=O)C(=O)/C(=C(/O)c3ccc4c(c3)CCO4)C2c2ccccc2F)c1. The number of aryl methyl sites for hydroxylation is 1. The van der Waals surface area contributed by atoms with E-state index in [4.69, 9.17) is 4.74 Å². The Morgan fingerprint density at radius 1 is 1.06 bits per heavy atom. The molecule has 160 valence electrons. The summed E-state index contributed by atoms with van der Waals surface area (Å²) in [6, 6.07) is 17.1. The maximum atomic E-state index is 14.9. The Morgan fingerprint density at radius 3 is 2.66 bits per heavy atom. The van der Waals surface area contributed by atoms with Crippen molar-refractivity contribution in [2.45, 2.75) is 19.4 Å². The molecule has 0 spiro atoms. The number of Topliss-reactive ketones (excluding diaryl/α,β-unsaturated/α-hetero) is 1. The molecule has 3 aromatic carbocycles. The van der Waals surface area contributed by atoms with Crippen LogP contribution in [0.3, 0.4) is 0 Å². The van der Waals surface area contributed by atoms with Gasteiger partial charge in [-0.2, -0.15) is 0 Å². The van der Waals surface area contributed by atoms with Crippen LogP contribution in [0.15, 0.2) is 72.3 Å². The summed E-state index contributed by atoms with van der Waals surface area (Å²) in [6.07, 6.45) is 0.685. The second kappa shape index (κ2) is 7.64. The molecule has 1 unspecified atom stereocenters. The molecule has 5 rings (SSSR count). The molecule has 1 saturated heterocycles. The van der Waals surface area contributed by atoms with Gasteiger partial charge in [0.2, 0.25) is 0 Å². The minimum atomic E-state index is -1.09. The number of nitrogens with zero attached hydrogens (tertiary/aromatic N) is 1. The van der Waals surface area contributed by atoms with Gasteiger partial charge >= 0.3 is 0 Å². The molecule has 6 heteroatoms. The van der Waals surface area contributed by atoms with Crippen molar-refractivity contribution in [1.29, 1.82) is 0 Å². The van der Waals surface area contributed by atoms with Crippen LogP contribution >= 0.6 is 0 Å². The summed E-state index contributed by atoms with van der Waals surface area (Å²) in [5, 5.41) is 11.2. The third-order valence-electron chi connectivity index (χ3n) is 5.89. The number of hydrogen-bond donors (Lipinski definition) is 1. The third-order valence-corrected chi connectivity index (χ3v) is 5.89. The molecule has 0 saturated carbocycles. The highest BCUT2D eigenvalue weighted by Crippen LogP contribution is 2.43. The Bertz CT molecular complexity index is 1300. The van der Waals surface area contributed by atoms with Gasteiger partial charge in [0.15, 0.2) is 0 Å². The lowest BCUT2D eigenvalue weighted by Gasteiger charge is -2.26. The number of aliphatic hydroxyl groups is 1. The zero-order valence-electron chi connectivity index (χ0n) is 17.3. The van der Waals surface area contributed by atoms with Gasteiger partial charge in [-0.05, 0) is 54.4 Å². The average molecular weight is 429 g/mol. The van der Waals surface area contributed by atoms with Crippen molar-refractivity contribution >= 4 is 23.1 Å². The summed E-state index contributed by atoms with van der Waals surface area (Å²) in [6.45, 7) is 2.41. The number of carbonyl (C=O) groups is 2. The second-order valence-corrected chi connectivity index (χ2v) is 7.95. The predicted molar refractivity (Wildman–Crippen MR) is 118 cm³/mol. The minimum absolute atomic E-state index is 0.138. The van der Waals surface area contributed by atoms with Gasteiger partial charge in [-0.15, -0.1) is 0 Å². The van der Waals surface area contributed by atoms with E-state index >= 15 is 0 Å². The van der Waals surface area contributed by atoms with Crippen LogP contribution < -0.4 is 9.64 Å². The van der Waals surface area contributed by atoms with Gasteiger partial charge in [-0.3, -0.25) is 14.5 Å². The predicted octanol–water partition coefficient (Wildman–Crippen LogP) is 4.70. The molecule has 1 N–H and O–H groups in total. The summed E-state index contributed by atoms with van der Waals surface area (Å²) in [5.74, 6) is -1.83. The maximum Gasteiger partial charge on any atom is 0.300 e. The fraction of sp³-hybridized carbons (Fsp3) is 0.154. The molecule has 5 nitrogen and oxygen atoms in total. The summed E-state index contributed by atoms with van der Waals surface area (Å²) in [4.78, 5) is 27.6. The largest absolute Gasteiger partial charge is 0.507 e. The van der Waals surface area contributed by atoms with E-state index in [9.17, 15) is 19.1 Å². The van der Waals surface area contributed by atoms with Crippen LogP contribution in [0, 0.1) is 12.7 Å². The van der Waals surface area contributed by atoms with Crippen LogP contribution in [0.2, 0.25) is 0 Å². The van der Waals surface area contributed by atoms with Crippen molar-refractivity contribution in [2.75, 3.05) is 11.5 Å². The molecule has 3 aromatic rings. The van der Waals surface area contributed by atoms with Crippen LogP contribution in [0.5, 0.6) is 5.75 Å². The van der Waals surface area contributed by atoms with Gasteiger partial charge in [0.25, 0.3) is 11.7 Å². The number of rotatable bonds is 3. The van der Waals surface area contributed by atoms with Crippen molar-refractivity contribution in [3.8, 4) is 5.75 Å². The molecule has 1 amide bonds. The summed E-state index contributed by atoms with van der Waals surface area (Å²) in [7, 11) is 0. The smallest absolute Gasteiger partial charge is 0.300 e. The number of ketones is 1. The number of aliphatic hydroxyl groups excluding tert-OH is 1. The standard InChI is InChI=1S/C26H20FNO4/c1-15-5-4-6-18(13-15)28-23(19-7-2-3-8-20(19)27)22(25(30)26(28)31)24(29)17-9-10-21-16(14-17)11-12-32-21/h2-10,13-14,23,29H,11-12H2,1H3/b24-22+. The van der Waals surface area contributed by atoms with Gasteiger partial charge in [-0.25, -0.2) is 4.39 Å². The molecular formula is C26H20FNO4. The quantitative estimate of drug-likeness (QED) is 0.373. The lowest BCUT2D eigenvalue weighted by atomic mass is 9.94. The second-order valence-electron chi connectivity index (χ2n) is 7.95. The molecule has 2 aliphatic heterocycles. The first-order chi connectivity index (χ1) is 15.5. The molecule has 0 bridgehead atoms. The lowest BCUT2D eigenvalue weighted by molar-refractivity contribution is -0.132. The van der Waals surface area contributed by atoms with Crippen LogP contribution in [-0.2, 0) is 16.0 Å². The topological polar surface area (TPSA) is 66.8 Å². The van der Waals surface area contributed by atoms with Crippen molar-refractivity contribution in [3.05, 3.63) is 100 Å². The van der Waals surface area contributed by atoms with E-state index in [0.29, 0.717) is 24.3 Å². The van der Waals surface area contributed by atoms with Crippen LogP contribution in [0.1, 0.15) is 28.3 Å². The number of amides is 1. The summed E-state index contributed by atoms with van der Waals surface area (Å²) in [5.41, 5.74) is 2.64. The molecule has 32 heavy (non-hydrogen) atoms. The van der Waals surface area contributed by atoms with E-state index in [2.05, 4.69) is 0 Å². The normalized spacial score (nSPS) is 19.2. The van der Waals surface area contributed by atoms with Crippen LogP contribution in [0.25, 0.3) is 5.76 Å². The first-order valence-corrected chi connectivity index (χ1v) is 10.3. The van der Waals surface area contributed by atoms with Gasteiger partial charge in [-0.1, -0.05) is 30.3 Å². The number of ether oxygens (including phenoxy) is 1. The van der Waals surface area contributed by atoms with E-state index in [1.54, 1.807) is 42.5 Å². The molecule has 2 aliphatic rings. The van der Waals surface area contributed by atoms with E-state index in [-0.39, 0.29) is 16.9 Å². The van der Waals surface area contributed by atoms with E-state index in [1.807, 2.05) is 13.0 Å². The Kier molecular flexibility index (Phi) is 4.78. The van der Waals surface area contributed by atoms with Gasteiger partial charge in [0.1, 0.15) is 17.3 Å². The van der Waals surface area contributed by atoms with Gasteiger partial charge in [0.05, 0.1) is 18.2 Å². The third kappa shape index (κ3) is 3.15. The molecule has 1 atom stereocenters. The molecule has 0 aromatic heterocycles. The number of carbonyl (C=O) groups excluding carboxylic acids is 2. The number of fused-ring (bicyclic) bond motifs is 1. The van der Waals surface area contributed by atoms with E-state index in [0.717, 1.165) is 16.9 Å². The Balaban J connectivity index is 1.73. The molecule has 0 radical (unpaired) electrons. The minimum Gasteiger partial charge on any atom is -0.507 e. The molecule has 0 aliphatic carbocycles. The van der Waals surface area contributed by atoms with Gasteiger partial charge in [0, 0.05) is 23.2 Å². The van der Waals surface area contributed by atoms with Crippen molar-refractivity contribution in [1.82, 2.24) is 0 Å². The Morgan fingerprint density at radius 2 is 1.88 bits per heavy atom. The molecular weight excluding hydrogens is 409 g/mol. The number of benzene rings is 3. The van der Waals surface area contributed by atoms with Crippen molar-refractivity contribution < 1.29 is 23.8 Å². The van der Waals surface area contributed by atoms with E-state index in [1.165, 1.54) is 23.1 Å². The van der Waals surface area contributed by atoms with Crippen LogP contribution in [-0.4, -0.2) is 23.4 Å². The molecule has 2 heterocycles. The maximum absolute atomic E-state index is 14.9. The fourth-order valence-corrected chi connectivity index (χ4v) is 4.36. The zero-order valence-corrected chi connectivity index (χ0v) is 17.3. The summed E-state index contributed by atoms with van der Waals surface area (Å²) >= 11 is 0. The molecule has 1 fully saturated rings. The number of hydrogen-bond acceptors (Lipinski definition) is 4. The van der Waals surface area contributed by atoms with E-state index < -0.39 is 23.5 Å². The lowest BCUT2D eigenvalue weighted by Crippen LogP contribution is -2.29. The first-order valence-electron chi connectivity index (χ1n) is 10.3. The zero-order chi connectivity index (χ0) is 22.4. The average Bonchev–Trinajstić information content (AvgIpc) is 3.36. The monoisotopic (exact) mass is 429 g/mol. The highest BCUT2D eigenvalue weighted by molar-refractivity contribution is 6.51. The van der Waals surface area contributed by atoms with Crippen molar-refractivity contribution in [3.63, 3.8) is 0 Å². The first kappa shape index (κ1) is 20.0. The highest BCUT2D eigenvalue weighted by atomic mass is 19.1.